The Morgan fingerprint density at radius 3 is 2.30 bits per heavy atom. The number of carbonyl (C=O) groups excluding carboxylic acids is 3. The van der Waals surface area contributed by atoms with E-state index in [0.29, 0.717) is 64.8 Å². The van der Waals surface area contributed by atoms with Crippen LogP contribution in [0.1, 0.15) is 120 Å². The fourth-order valence-electron chi connectivity index (χ4n) is 9.51. The van der Waals surface area contributed by atoms with Gasteiger partial charge in [-0.2, -0.15) is 5.10 Å². The van der Waals surface area contributed by atoms with Crippen molar-refractivity contribution >= 4 is 40.3 Å². The van der Waals surface area contributed by atoms with Gasteiger partial charge in [-0.25, -0.2) is 33.4 Å². The predicted octanol–water partition coefficient (Wildman–Crippen LogP) is 6.48. The van der Waals surface area contributed by atoms with E-state index in [-0.39, 0.29) is 53.3 Å². The molecule has 1 atom stereocenters. The van der Waals surface area contributed by atoms with Gasteiger partial charge in [0.15, 0.2) is 17.2 Å². The summed E-state index contributed by atoms with van der Waals surface area (Å²) in [5.74, 6) is 0.169. The molecule has 1 saturated carbocycles. The third kappa shape index (κ3) is 9.19. The van der Waals surface area contributed by atoms with Crippen LogP contribution in [0.2, 0.25) is 0 Å². The molecule has 1 aliphatic carbocycles. The number of anilines is 2. The van der Waals surface area contributed by atoms with Gasteiger partial charge in [0, 0.05) is 62.0 Å². The smallest absolute Gasteiger partial charge is 0.249 e. The molecule has 3 saturated heterocycles. The Morgan fingerprint density at radius 1 is 0.906 bits per heavy atom. The molecule has 64 heavy (non-hydrogen) atoms. The van der Waals surface area contributed by atoms with Crippen LogP contribution in [0.3, 0.4) is 0 Å². The van der Waals surface area contributed by atoms with Crippen LogP contribution in [0.4, 0.5) is 20.3 Å². The number of unbranched alkanes of at least 4 members (excludes halogenated alkanes) is 1. The van der Waals surface area contributed by atoms with Crippen molar-refractivity contribution in [3.05, 3.63) is 59.4 Å². The lowest BCUT2D eigenvalue weighted by atomic mass is 9.87. The second-order valence-corrected chi connectivity index (χ2v) is 19.0. The van der Waals surface area contributed by atoms with Crippen LogP contribution in [-0.4, -0.2) is 101 Å². The van der Waals surface area contributed by atoms with Crippen molar-refractivity contribution in [3.63, 3.8) is 0 Å². The normalized spacial score (nSPS) is 19.4. The summed E-state index contributed by atoms with van der Waals surface area (Å²) >= 11 is 0. The van der Waals surface area contributed by atoms with E-state index in [9.17, 15) is 14.4 Å². The first-order valence-corrected chi connectivity index (χ1v) is 22.7. The summed E-state index contributed by atoms with van der Waals surface area (Å²) in [6.45, 7) is 10.0. The van der Waals surface area contributed by atoms with Crippen molar-refractivity contribution in [3.8, 4) is 22.8 Å². The molecule has 3 aliphatic heterocycles. The number of nitrogens with zero attached hydrogens (tertiary/aromatic N) is 9. The standard InChI is InChI=1S/C46H56F2N12O4/c1-46(2,3)60-44-38(42(49)52-25-53-44)39(56-60)40-37(41(64-57-40)29-8-9-29)43-50-22-27(23-51-43)6-4-5-7-35(62)59-18-12-26(13-19-59)24-58-16-14-28(15-17-58)36-31(47)20-30(21-32(36)48)54-33-10-11-34(61)55-45(33)63/h20-23,25-26,28-29,33,54H,4-19,24H2,1-3H3,(H2,49,52,53)(H,55,61,63). The van der Waals surface area contributed by atoms with Gasteiger partial charge in [-0.1, -0.05) is 5.16 Å². The molecule has 4 N–H and O–H groups in total. The molecule has 16 nitrogen and oxygen atoms in total. The van der Waals surface area contributed by atoms with E-state index in [1.807, 2.05) is 42.7 Å². The van der Waals surface area contributed by atoms with Gasteiger partial charge >= 0.3 is 0 Å². The monoisotopic (exact) mass is 878 g/mol. The number of benzene rings is 1. The molecule has 0 bridgehead atoms. The third-order valence-electron chi connectivity index (χ3n) is 13.2. The van der Waals surface area contributed by atoms with Gasteiger partial charge in [0.05, 0.1) is 16.5 Å². The Morgan fingerprint density at radius 2 is 1.62 bits per heavy atom. The number of rotatable bonds is 13. The number of nitrogen functional groups attached to an aromatic ring is 1. The summed E-state index contributed by atoms with van der Waals surface area (Å²) < 4.78 is 38.3. The number of nitrogens with two attached hydrogens (primary N) is 1. The highest BCUT2D eigenvalue weighted by atomic mass is 19.1. The SMILES string of the molecule is CC(C)(C)n1nc(-c2noc(C3CC3)c2-c2ncc(CCCCC(=O)N3CCC(CN4CCC(c5c(F)cc(NC6CCC(=O)NC6=O)cc5F)CC4)CC3)cn2)c2c(N)ncnc21. The van der Waals surface area contributed by atoms with E-state index in [0.717, 1.165) is 89.0 Å². The number of piperidine rings is 3. The van der Waals surface area contributed by atoms with E-state index in [4.69, 9.17) is 25.3 Å². The summed E-state index contributed by atoms with van der Waals surface area (Å²) in [4.78, 5) is 59.5. The van der Waals surface area contributed by atoms with Gasteiger partial charge in [-0.15, -0.1) is 0 Å². The van der Waals surface area contributed by atoms with Gasteiger partial charge in [-0.3, -0.25) is 19.7 Å². The molecule has 3 amide bonds. The van der Waals surface area contributed by atoms with Crippen molar-refractivity contribution in [2.24, 2.45) is 5.92 Å². The van der Waals surface area contributed by atoms with Crippen LogP contribution < -0.4 is 16.4 Å². The first-order chi connectivity index (χ1) is 30.8. The number of amides is 3. The van der Waals surface area contributed by atoms with Crippen molar-refractivity contribution in [2.45, 2.75) is 121 Å². The number of nitrogens with one attached hydrogen (secondary N) is 2. The van der Waals surface area contributed by atoms with Crippen molar-refractivity contribution in [1.82, 2.24) is 50.0 Å². The van der Waals surface area contributed by atoms with Gasteiger partial charge in [0.2, 0.25) is 17.7 Å². The maximum atomic E-state index is 15.3. The number of aromatic nitrogens is 7. The summed E-state index contributed by atoms with van der Waals surface area (Å²) in [7, 11) is 0. The number of halogens is 2. The second kappa shape index (κ2) is 17.9. The number of fused-ring (bicyclic) bond motifs is 1. The zero-order valence-corrected chi connectivity index (χ0v) is 36.7. The highest BCUT2D eigenvalue weighted by Crippen LogP contribution is 2.48. The molecule has 4 fully saturated rings. The fraction of sp³-hybridized carbons (Fsp3) is 0.543. The van der Waals surface area contributed by atoms with E-state index >= 15 is 8.78 Å². The van der Waals surface area contributed by atoms with Gasteiger partial charge in [0.25, 0.3) is 0 Å². The molecule has 4 aromatic heterocycles. The highest BCUT2D eigenvalue weighted by Gasteiger charge is 2.37. The molecule has 4 aliphatic rings. The molecular weight excluding hydrogens is 823 g/mol. The van der Waals surface area contributed by atoms with Crippen LogP contribution in [0.5, 0.6) is 0 Å². The van der Waals surface area contributed by atoms with E-state index < -0.39 is 23.6 Å². The van der Waals surface area contributed by atoms with Gasteiger partial charge < -0.3 is 25.4 Å². The van der Waals surface area contributed by atoms with Crippen LogP contribution >= 0.6 is 0 Å². The molecule has 18 heteroatoms. The predicted molar refractivity (Wildman–Crippen MR) is 235 cm³/mol. The van der Waals surface area contributed by atoms with Gasteiger partial charge in [-0.05, 0) is 128 Å². The Kier molecular flexibility index (Phi) is 12.1. The van der Waals surface area contributed by atoms with Crippen LogP contribution in [0.25, 0.3) is 33.8 Å². The number of aryl methyl sites for hydroxylation is 1. The summed E-state index contributed by atoms with van der Waals surface area (Å²) in [5, 5.41) is 15.2. The van der Waals surface area contributed by atoms with E-state index in [1.165, 1.54) is 18.5 Å². The summed E-state index contributed by atoms with van der Waals surface area (Å²) in [5.41, 5.74) is 9.68. The number of likely N-dealkylation sites (tertiary alicyclic amines) is 2. The first kappa shape index (κ1) is 43.3. The average molecular weight is 879 g/mol. The Labute approximate surface area is 370 Å². The van der Waals surface area contributed by atoms with Crippen LogP contribution in [-0.2, 0) is 26.3 Å². The third-order valence-corrected chi connectivity index (χ3v) is 13.2. The van der Waals surface area contributed by atoms with Crippen molar-refractivity contribution in [2.75, 3.05) is 43.8 Å². The molecular formula is C46H56F2N12O4. The quantitative estimate of drug-likeness (QED) is 0.0858. The lowest BCUT2D eigenvalue weighted by Crippen LogP contribution is -2.47. The molecule has 9 rings (SSSR count). The van der Waals surface area contributed by atoms with Crippen LogP contribution in [0, 0.1) is 17.6 Å². The molecule has 338 valence electrons. The summed E-state index contributed by atoms with van der Waals surface area (Å²) in [6.07, 6.45) is 13.6. The molecule has 7 heterocycles. The Balaban J connectivity index is 0.723. The number of hydrogen-bond acceptors (Lipinski definition) is 13. The van der Waals surface area contributed by atoms with E-state index in [1.54, 1.807) is 0 Å². The largest absolute Gasteiger partial charge is 0.383 e. The van der Waals surface area contributed by atoms with Crippen LogP contribution in [0.15, 0.2) is 35.4 Å². The first-order valence-electron chi connectivity index (χ1n) is 22.7. The van der Waals surface area contributed by atoms with Crippen molar-refractivity contribution < 1.29 is 27.7 Å². The number of carbonyl (C=O) groups is 3. The number of imide groups is 1. The maximum absolute atomic E-state index is 15.3. The second-order valence-electron chi connectivity index (χ2n) is 19.0. The fourth-order valence-corrected chi connectivity index (χ4v) is 9.51. The lowest BCUT2D eigenvalue weighted by molar-refractivity contribution is -0.134. The minimum Gasteiger partial charge on any atom is -0.383 e. The minimum atomic E-state index is -0.714. The average Bonchev–Trinajstić information content (AvgIpc) is 3.88. The molecule has 0 radical (unpaired) electrons. The highest BCUT2D eigenvalue weighted by molar-refractivity contribution is 6.02. The topological polar surface area (TPSA) is 203 Å². The van der Waals surface area contributed by atoms with Crippen molar-refractivity contribution in [1.29, 1.82) is 0 Å². The van der Waals surface area contributed by atoms with E-state index in [2.05, 4.69) is 30.7 Å². The lowest BCUT2D eigenvalue weighted by Gasteiger charge is -2.38. The summed E-state index contributed by atoms with van der Waals surface area (Å²) in [6, 6.07) is 1.78. The van der Waals surface area contributed by atoms with Gasteiger partial charge in [0.1, 0.15) is 41.2 Å². The zero-order chi connectivity index (χ0) is 44.7. The Bertz CT molecular complexity index is 2510. The molecule has 5 aromatic rings. The Hall–Kier alpha value is -5.91. The molecule has 0 spiro atoms. The zero-order valence-electron chi connectivity index (χ0n) is 36.7. The maximum Gasteiger partial charge on any atom is 0.249 e. The number of hydrogen-bond donors (Lipinski definition) is 3. The molecule has 1 unspecified atom stereocenters. The molecule has 1 aromatic carbocycles. The minimum absolute atomic E-state index is 0.101.